The number of rotatable bonds is 4. The van der Waals surface area contributed by atoms with Crippen LogP contribution in [0.2, 0.25) is 0 Å². The Morgan fingerprint density at radius 3 is 2.70 bits per heavy atom. The van der Waals surface area contributed by atoms with Crippen molar-refractivity contribution < 1.29 is 24.2 Å². The van der Waals surface area contributed by atoms with E-state index >= 15 is 0 Å². The van der Waals surface area contributed by atoms with E-state index in [-0.39, 0.29) is 40.5 Å². The van der Waals surface area contributed by atoms with Crippen LogP contribution in [0.15, 0.2) is 23.3 Å². The molecule has 8 atom stereocenters. The normalized spacial score (nSPS) is 43.7. The molecule has 0 aromatic carbocycles. The molecular weight excluding hydrogens is 380 g/mol. The predicted octanol–water partition coefficient (Wildman–Crippen LogP) is 3.85. The van der Waals surface area contributed by atoms with Crippen LogP contribution in [0.25, 0.3) is 0 Å². The Balaban J connectivity index is 1.72. The molecule has 0 aromatic rings. The molecule has 0 bridgehead atoms. The summed E-state index contributed by atoms with van der Waals surface area (Å²) < 4.78 is 11.1. The lowest BCUT2D eigenvalue weighted by molar-refractivity contribution is -0.157. The van der Waals surface area contributed by atoms with Crippen molar-refractivity contribution in [2.24, 2.45) is 34.5 Å². The minimum atomic E-state index is -0.391. The molecule has 4 aliphatic rings. The van der Waals surface area contributed by atoms with Crippen molar-refractivity contribution in [3.05, 3.63) is 23.3 Å². The van der Waals surface area contributed by atoms with E-state index in [0.717, 1.165) is 25.7 Å². The fourth-order valence-electron chi connectivity index (χ4n) is 7.72. The van der Waals surface area contributed by atoms with Crippen LogP contribution in [0.4, 0.5) is 0 Å². The minimum absolute atomic E-state index is 0.0882. The summed E-state index contributed by atoms with van der Waals surface area (Å²) in [7, 11) is 1.64. The first kappa shape index (κ1) is 21.8. The fraction of sp³-hybridized carbons (Fsp3) is 0.760. The number of methoxy groups -OCH3 is 1. The molecule has 0 saturated heterocycles. The van der Waals surface area contributed by atoms with Gasteiger partial charge in [-0.25, -0.2) is 0 Å². The first-order valence-electron chi connectivity index (χ1n) is 11.4. The van der Waals surface area contributed by atoms with Crippen molar-refractivity contribution in [3.8, 4) is 0 Å². The highest BCUT2D eigenvalue weighted by Gasteiger charge is 2.63. The average Bonchev–Trinajstić information content (AvgIpc) is 2.94. The van der Waals surface area contributed by atoms with E-state index in [0.29, 0.717) is 24.9 Å². The second-order valence-corrected chi connectivity index (χ2v) is 10.5. The molecular formula is C25H36O5. The molecule has 0 aliphatic heterocycles. The van der Waals surface area contributed by atoms with Gasteiger partial charge in [0.25, 0.3) is 0 Å². The number of hydrogen-bond acceptors (Lipinski definition) is 5. The van der Waals surface area contributed by atoms with Crippen LogP contribution in [0.1, 0.15) is 59.8 Å². The molecule has 166 valence electrons. The van der Waals surface area contributed by atoms with Crippen molar-refractivity contribution in [1.29, 1.82) is 0 Å². The maximum atomic E-state index is 12.2. The van der Waals surface area contributed by atoms with E-state index in [2.05, 4.69) is 20.8 Å². The zero-order valence-electron chi connectivity index (χ0n) is 18.9. The molecule has 1 N–H and O–H groups in total. The van der Waals surface area contributed by atoms with Gasteiger partial charge in [-0.1, -0.05) is 25.0 Å². The summed E-state index contributed by atoms with van der Waals surface area (Å²) in [5, 5.41) is 11.1. The van der Waals surface area contributed by atoms with E-state index in [1.54, 1.807) is 7.11 Å². The molecule has 3 fully saturated rings. The lowest BCUT2D eigenvalue weighted by Crippen LogP contribution is -2.53. The Labute approximate surface area is 179 Å². The van der Waals surface area contributed by atoms with Crippen molar-refractivity contribution in [2.75, 3.05) is 13.7 Å². The van der Waals surface area contributed by atoms with Gasteiger partial charge in [0.15, 0.2) is 5.78 Å². The Morgan fingerprint density at radius 2 is 2.03 bits per heavy atom. The highest BCUT2D eigenvalue weighted by atomic mass is 16.6. The van der Waals surface area contributed by atoms with Crippen LogP contribution >= 0.6 is 0 Å². The van der Waals surface area contributed by atoms with E-state index in [4.69, 9.17) is 9.47 Å². The largest absolute Gasteiger partial charge is 0.460 e. The standard InChI is InChI=1S/C25H36O5/c1-14-10-17(27)11-16-6-7-18-20(25(14,16)4)8-9-24(3)22(28)12-19(23(18)24)21(13-29-5)30-15(2)26/h10-11,18-23,28H,6-9,12-13H2,1-5H3/t18-,19+,20+,21+,22+,23-,24-,25+/m1/s1. The summed E-state index contributed by atoms with van der Waals surface area (Å²) >= 11 is 0. The number of aliphatic hydroxyl groups is 1. The quantitative estimate of drug-likeness (QED) is 0.705. The summed E-state index contributed by atoms with van der Waals surface area (Å²) in [5.74, 6) is 1.05. The third-order valence-corrected chi connectivity index (χ3v) is 9.23. The lowest BCUT2D eigenvalue weighted by atomic mass is 9.46. The van der Waals surface area contributed by atoms with Gasteiger partial charge in [0.2, 0.25) is 0 Å². The fourth-order valence-corrected chi connectivity index (χ4v) is 7.72. The van der Waals surface area contributed by atoms with Gasteiger partial charge in [0, 0.05) is 25.4 Å². The SMILES string of the molecule is COC[C@H](OC(C)=O)[C@@H]1C[C@H](O)[C@@]2(C)CC[C@H]3[C@@H](CCC4=CC(=O)C=C(C)[C@@]43C)[C@H]12. The highest BCUT2D eigenvalue weighted by molar-refractivity contribution is 6.02. The third kappa shape index (κ3) is 3.12. The van der Waals surface area contributed by atoms with Crippen LogP contribution in [0.5, 0.6) is 0 Å². The van der Waals surface area contributed by atoms with E-state index in [1.807, 2.05) is 12.2 Å². The smallest absolute Gasteiger partial charge is 0.302 e. The molecule has 4 rings (SSSR count). The Hall–Kier alpha value is -1.46. The van der Waals surface area contributed by atoms with Gasteiger partial charge >= 0.3 is 5.97 Å². The van der Waals surface area contributed by atoms with Gasteiger partial charge in [0.1, 0.15) is 6.10 Å². The molecule has 0 spiro atoms. The Kier molecular flexibility index (Phi) is 5.51. The van der Waals surface area contributed by atoms with Gasteiger partial charge in [0.05, 0.1) is 12.7 Å². The molecule has 30 heavy (non-hydrogen) atoms. The predicted molar refractivity (Wildman–Crippen MR) is 114 cm³/mol. The van der Waals surface area contributed by atoms with Crippen LogP contribution in [-0.4, -0.2) is 42.8 Å². The molecule has 0 amide bonds. The summed E-state index contributed by atoms with van der Waals surface area (Å²) in [6.45, 7) is 8.46. The monoisotopic (exact) mass is 416 g/mol. The van der Waals surface area contributed by atoms with Crippen LogP contribution < -0.4 is 0 Å². The number of allylic oxidation sites excluding steroid dienone is 4. The molecule has 0 unspecified atom stereocenters. The van der Waals surface area contributed by atoms with Gasteiger partial charge in [-0.3, -0.25) is 9.59 Å². The van der Waals surface area contributed by atoms with Gasteiger partial charge in [-0.15, -0.1) is 0 Å². The highest BCUT2D eigenvalue weighted by Crippen LogP contribution is 2.67. The number of ketones is 1. The van der Waals surface area contributed by atoms with Crippen LogP contribution in [0.3, 0.4) is 0 Å². The van der Waals surface area contributed by atoms with Crippen molar-refractivity contribution in [2.45, 2.75) is 72.0 Å². The minimum Gasteiger partial charge on any atom is -0.460 e. The summed E-state index contributed by atoms with van der Waals surface area (Å²) in [6, 6.07) is 0. The van der Waals surface area contributed by atoms with Crippen molar-refractivity contribution in [1.82, 2.24) is 0 Å². The number of carbonyl (C=O) groups is 2. The van der Waals surface area contributed by atoms with Gasteiger partial charge in [-0.2, -0.15) is 0 Å². The molecule has 4 aliphatic carbocycles. The Morgan fingerprint density at radius 1 is 1.30 bits per heavy atom. The number of esters is 1. The van der Waals surface area contributed by atoms with Crippen LogP contribution in [0, 0.1) is 34.5 Å². The maximum Gasteiger partial charge on any atom is 0.302 e. The molecule has 3 saturated carbocycles. The summed E-state index contributed by atoms with van der Waals surface area (Å²) in [5.41, 5.74) is 2.19. The topological polar surface area (TPSA) is 72.8 Å². The average molecular weight is 417 g/mol. The summed E-state index contributed by atoms with van der Waals surface area (Å²) in [4.78, 5) is 24.0. The molecule has 0 aromatic heterocycles. The van der Waals surface area contributed by atoms with Crippen molar-refractivity contribution in [3.63, 3.8) is 0 Å². The number of aliphatic hydroxyl groups excluding tert-OH is 1. The molecule has 5 nitrogen and oxygen atoms in total. The third-order valence-electron chi connectivity index (χ3n) is 9.23. The maximum absolute atomic E-state index is 12.2. The number of hydrogen-bond donors (Lipinski definition) is 1. The van der Waals surface area contributed by atoms with Gasteiger partial charge in [-0.05, 0) is 74.3 Å². The van der Waals surface area contributed by atoms with E-state index in [1.165, 1.54) is 18.1 Å². The van der Waals surface area contributed by atoms with Crippen molar-refractivity contribution >= 4 is 11.8 Å². The first-order valence-corrected chi connectivity index (χ1v) is 11.4. The number of ether oxygens (including phenoxy) is 2. The molecule has 5 heteroatoms. The first-order chi connectivity index (χ1) is 14.1. The van der Waals surface area contributed by atoms with Gasteiger partial charge < -0.3 is 14.6 Å². The van der Waals surface area contributed by atoms with E-state index < -0.39 is 6.10 Å². The molecule has 0 radical (unpaired) electrons. The van der Waals surface area contributed by atoms with Crippen LogP contribution in [-0.2, 0) is 19.1 Å². The number of carbonyl (C=O) groups excluding carboxylic acids is 2. The zero-order valence-corrected chi connectivity index (χ0v) is 18.9. The lowest BCUT2D eigenvalue weighted by Gasteiger charge is -2.58. The zero-order chi connectivity index (χ0) is 21.8. The summed E-state index contributed by atoms with van der Waals surface area (Å²) in [6.07, 6.45) is 7.57. The number of fused-ring (bicyclic) bond motifs is 5. The molecule has 0 heterocycles. The second kappa shape index (κ2) is 7.59. The Bertz CT molecular complexity index is 797. The second-order valence-electron chi connectivity index (χ2n) is 10.5. The van der Waals surface area contributed by atoms with E-state index in [9.17, 15) is 14.7 Å².